The number of aromatic nitrogens is 2. The Hall–Kier alpha value is -2.02. The van der Waals surface area contributed by atoms with E-state index in [0.717, 1.165) is 22.3 Å². The van der Waals surface area contributed by atoms with Gasteiger partial charge in [0.1, 0.15) is 5.82 Å². The van der Waals surface area contributed by atoms with Crippen molar-refractivity contribution in [2.75, 3.05) is 0 Å². The average molecular weight is 316 g/mol. The normalized spacial score (nSPS) is 10.8. The van der Waals surface area contributed by atoms with Crippen LogP contribution in [0, 0.1) is 18.3 Å². The number of rotatable bonds is 2. The van der Waals surface area contributed by atoms with Gasteiger partial charge in [-0.25, -0.2) is 4.98 Å². The molecule has 0 aliphatic rings. The van der Waals surface area contributed by atoms with Crippen LogP contribution in [0.4, 0.5) is 0 Å². The zero-order valence-electron chi connectivity index (χ0n) is 11.3. The van der Waals surface area contributed by atoms with Gasteiger partial charge in [0, 0.05) is 0 Å². The largest absolute Gasteiger partial charge is 0.294 e. The van der Waals surface area contributed by atoms with Gasteiger partial charge in [0.2, 0.25) is 0 Å². The quantitative estimate of drug-likeness (QED) is 0.648. The number of fused-ring (bicyclic) bond motifs is 1. The van der Waals surface area contributed by atoms with E-state index >= 15 is 0 Å². The van der Waals surface area contributed by atoms with Crippen LogP contribution in [-0.2, 0) is 5.88 Å². The molecular weight excluding hydrogens is 305 g/mol. The van der Waals surface area contributed by atoms with Crippen molar-refractivity contribution in [1.82, 2.24) is 9.55 Å². The molecule has 0 fully saturated rings. The number of nitrogens with zero attached hydrogens (tertiary/aromatic N) is 3. The lowest BCUT2D eigenvalue weighted by Gasteiger charge is -2.11. The van der Waals surface area contributed by atoms with Crippen LogP contribution in [0.15, 0.2) is 36.4 Å². The van der Waals surface area contributed by atoms with E-state index in [9.17, 15) is 0 Å². The van der Waals surface area contributed by atoms with E-state index in [0.29, 0.717) is 16.4 Å². The molecule has 104 valence electrons. The summed E-state index contributed by atoms with van der Waals surface area (Å²) in [5.41, 5.74) is 4.12. The zero-order valence-corrected chi connectivity index (χ0v) is 12.8. The number of hydrogen-bond acceptors (Lipinski definition) is 2. The maximum atomic E-state index is 9.09. The Balaban J connectivity index is 2.39. The molecule has 0 bridgehead atoms. The Morgan fingerprint density at radius 2 is 2.05 bits per heavy atom. The Morgan fingerprint density at radius 3 is 2.76 bits per heavy atom. The van der Waals surface area contributed by atoms with Gasteiger partial charge in [-0.05, 0) is 42.8 Å². The molecule has 0 aliphatic heterocycles. The van der Waals surface area contributed by atoms with E-state index < -0.39 is 0 Å². The van der Waals surface area contributed by atoms with Gasteiger partial charge in [-0.2, -0.15) is 5.26 Å². The molecule has 0 amide bonds. The number of imidazole rings is 1. The number of alkyl halides is 1. The predicted octanol–water partition coefficient (Wildman–Crippen LogP) is 4.60. The molecule has 0 aliphatic carbocycles. The molecule has 5 heteroatoms. The van der Waals surface area contributed by atoms with Gasteiger partial charge in [-0.3, -0.25) is 4.57 Å². The number of halogens is 2. The molecule has 1 heterocycles. The van der Waals surface area contributed by atoms with Crippen LogP contribution >= 0.6 is 23.2 Å². The van der Waals surface area contributed by atoms with Gasteiger partial charge < -0.3 is 0 Å². The molecule has 3 aromatic rings. The van der Waals surface area contributed by atoms with Crippen LogP contribution in [0.3, 0.4) is 0 Å². The summed E-state index contributed by atoms with van der Waals surface area (Å²) in [4.78, 5) is 4.52. The van der Waals surface area contributed by atoms with E-state index in [-0.39, 0.29) is 5.88 Å². The fourth-order valence-corrected chi connectivity index (χ4v) is 2.73. The summed E-state index contributed by atoms with van der Waals surface area (Å²) in [5.74, 6) is 0.968. The SMILES string of the molecule is Cc1ccc(Cl)c(-n2c(CCl)nc3ccc(C#N)cc32)c1. The summed E-state index contributed by atoms with van der Waals surface area (Å²) in [6, 6.07) is 13.3. The topological polar surface area (TPSA) is 41.6 Å². The van der Waals surface area contributed by atoms with Gasteiger partial charge in [0.25, 0.3) is 0 Å². The van der Waals surface area contributed by atoms with Crippen molar-refractivity contribution in [2.24, 2.45) is 0 Å². The minimum Gasteiger partial charge on any atom is -0.294 e. The van der Waals surface area contributed by atoms with E-state index in [1.54, 1.807) is 12.1 Å². The number of benzene rings is 2. The highest BCUT2D eigenvalue weighted by atomic mass is 35.5. The molecule has 0 unspecified atom stereocenters. The van der Waals surface area contributed by atoms with Gasteiger partial charge in [-0.15, -0.1) is 11.6 Å². The summed E-state index contributed by atoms with van der Waals surface area (Å²) in [6.45, 7) is 2.00. The maximum Gasteiger partial charge on any atom is 0.129 e. The standard InChI is InChI=1S/C16H11Cl2N3/c1-10-2-4-12(18)14(6-10)21-15-7-11(9-19)3-5-13(15)20-16(21)8-17/h2-7H,8H2,1H3. The van der Waals surface area contributed by atoms with E-state index in [1.165, 1.54) is 0 Å². The molecule has 3 nitrogen and oxygen atoms in total. The van der Waals surface area contributed by atoms with Crippen molar-refractivity contribution >= 4 is 34.2 Å². The van der Waals surface area contributed by atoms with Crippen molar-refractivity contribution in [2.45, 2.75) is 12.8 Å². The number of nitriles is 1. The summed E-state index contributed by atoms with van der Waals surface area (Å²) in [5, 5.41) is 9.71. The van der Waals surface area contributed by atoms with Gasteiger partial charge in [-0.1, -0.05) is 17.7 Å². The summed E-state index contributed by atoms with van der Waals surface area (Å²) >= 11 is 12.4. The van der Waals surface area contributed by atoms with E-state index in [4.69, 9.17) is 28.5 Å². The smallest absolute Gasteiger partial charge is 0.129 e. The van der Waals surface area contributed by atoms with Crippen LogP contribution in [0.1, 0.15) is 17.0 Å². The molecular formula is C16H11Cl2N3. The molecule has 1 aromatic heterocycles. The van der Waals surface area contributed by atoms with Crippen molar-refractivity contribution in [3.8, 4) is 11.8 Å². The predicted molar refractivity (Wildman–Crippen MR) is 85.1 cm³/mol. The first kappa shape index (κ1) is 13.9. The van der Waals surface area contributed by atoms with Gasteiger partial charge in [0.15, 0.2) is 0 Å². The van der Waals surface area contributed by atoms with E-state index in [2.05, 4.69) is 11.1 Å². The third-order valence-corrected chi connectivity index (χ3v) is 3.87. The average Bonchev–Trinajstić information content (AvgIpc) is 2.87. The lowest BCUT2D eigenvalue weighted by Crippen LogP contribution is -2.00. The molecule has 0 N–H and O–H groups in total. The molecule has 0 atom stereocenters. The molecule has 21 heavy (non-hydrogen) atoms. The Bertz CT molecular complexity index is 875. The Labute approximate surface area is 132 Å². The van der Waals surface area contributed by atoms with Crippen molar-refractivity contribution in [3.63, 3.8) is 0 Å². The van der Waals surface area contributed by atoms with Gasteiger partial charge in [0.05, 0.1) is 39.3 Å². The zero-order chi connectivity index (χ0) is 15.0. The van der Waals surface area contributed by atoms with Crippen LogP contribution in [0.5, 0.6) is 0 Å². The van der Waals surface area contributed by atoms with Crippen molar-refractivity contribution in [1.29, 1.82) is 5.26 Å². The van der Waals surface area contributed by atoms with Crippen LogP contribution < -0.4 is 0 Å². The van der Waals surface area contributed by atoms with Gasteiger partial charge >= 0.3 is 0 Å². The molecule has 0 saturated heterocycles. The maximum absolute atomic E-state index is 9.09. The van der Waals surface area contributed by atoms with Crippen LogP contribution in [0.25, 0.3) is 16.7 Å². The molecule has 0 radical (unpaired) electrons. The van der Waals surface area contributed by atoms with Crippen LogP contribution in [0.2, 0.25) is 5.02 Å². The minimum absolute atomic E-state index is 0.265. The lowest BCUT2D eigenvalue weighted by molar-refractivity contribution is 0.980. The fraction of sp³-hybridized carbons (Fsp3) is 0.125. The lowest BCUT2D eigenvalue weighted by atomic mass is 10.2. The second-order valence-electron chi connectivity index (χ2n) is 4.77. The Morgan fingerprint density at radius 1 is 1.24 bits per heavy atom. The molecule has 0 saturated carbocycles. The Kier molecular flexibility index (Phi) is 3.59. The summed E-state index contributed by atoms with van der Waals surface area (Å²) in [6.07, 6.45) is 0. The highest BCUT2D eigenvalue weighted by molar-refractivity contribution is 6.32. The van der Waals surface area contributed by atoms with Crippen molar-refractivity contribution < 1.29 is 0 Å². The first-order valence-corrected chi connectivity index (χ1v) is 7.29. The summed E-state index contributed by atoms with van der Waals surface area (Å²) < 4.78 is 1.92. The molecule has 0 spiro atoms. The first-order chi connectivity index (χ1) is 10.1. The first-order valence-electron chi connectivity index (χ1n) is 6.38. The fourth-order valence-electron chi connectivity index (χ4n) is 2.35. The minimum atomic E-state index is 0.265. The van der Waals surface area contributed by atoms with Crippen molar-refractivity contribution in [3.05, 3.63) is 58.4 Å². The molecule has 3 rings (SSSR count). The summed E-state index contributed by atoms with van der Waals surface area (Å²) in [7, 11) is 0. The molecule has 2 aromatic carbocycles. The highest BCUT2D eigenvalue weighted by Crippen LogP contribution is 2.29. The number of aryl methyl sites for hydroxylation is 1. The number of hydrogen-bond donors (Lipinski definition) is 0. The second-order valence-corrected chi connectivity index (χ2v) is 5.44. The third kappa shape index (κ3) is 2.37. The second kappa shape index (κ2) is 5.40. The highest BCUT2D eigenvalue weighted by Gasteiger charge is 2.14. The van der Waals surface area contributed by atoms with Crippen LogP contribution in [-0.4, -0.2) is 9.55 Å². The monoisotopic (exact) mass is 315 g/mol. The third-order valence-electron chi connectivity index (χ3n) is 3.32. The van der Waals surface area contributed by atoms with E-state index in [1.807, 2.05) is 35.8 Å².